The Labute approximate surface area is 126 Å². The third-order valence-electron chi connectivity index (χ3n) is 4.03. The Morgan fingerprint density at radius 2 is 1.73 bits per heavy atom. The normalized spacial score (nSPS) is 23.7. The first-order valence-corrected chi connectivity index (χ1v) is 6.79. The fourth-order valence-electron chi connectivity index (χ4n) is 2.89. The number of allylic oxidation sites excluding steroid dienone is 1. The lowest BCUT2D eigenvalue weighted by Gasteiger charge is -2.36. The highest BCUT2D eigenvalue weighted by Gasteiger charge is 2.53. The maximum Gasteiger partial charge on any atom is 0.336 e. The van der Waals surface area contributed by atoms with E-state index in [0.717, 1.165) is 4.90 Å². The number of carbonyl (C=O) groups is 4. The number of benzene rings is 1. The van der Waals surface area contributed by atoms with Crippen molar-refractivity contribution in [3.8, 4) is 0 Å². The summed E-state index contributed by atoms with van der Waals surface area (Å²) in [5.41, 5.74) is -1.06. The average Bonchev–Trinajstić information content (AvgIpc) is 2.80. The second kappa shape index (κ2) is 4.91. The molecule has 0 aromatic heterocycles. The van der Waals surface area contributed by atoms with E-state index in [4.69, 9.17) is 4.74 Å². The third kappa shape index (κ3) is 1.80. The summed E-state index contributed by atoms with van der Waals surface area (Å²) in [5.74, 6) is -1.99. The van der Waals surface area contributed by atoms with Crippen LogP contribution in [0.2, 0.25) is 0 Å². The van der Waals surface area contributed by atoms with Crippen LogP contribution in [0.4, 0.5) is 0 Å². The molecule has 2 amide bonds. The molecule has 1 unspecified atom stereocenters. The molecule has 0 radical (unpaired) electrons. The van der Waals surface area contributed by atoms with Crippen molar-refractivity contribution in [1.29, 1.82) is 0 Å². The Morgan fingerprint density at radius 1 is 1.14 bits per heavy atom. The summed E-state index contributed by atoms with van der Waals surface area (Å²) in [6.07, 6.45) is 2.62. The fourth-order valence-corrected chi connectivity index (χ4v) is 2.89. The van der Waals surface area contributed by atoms with Gasteiger partial charge >= 0.3 is 5.97 Å². The predicted octanol–water partition coefficient (Wildman–Crippen LogP) is 1.11. The first-order valence-electron chi connectivity index (χ1n) is 6.79. The summed E-state index contributed by atoms with van der Waals surface area (Å²) in [6, 6.07) is 6.38. The van der Waals surface area contributed by atoms with Crippen molar-refractivity contribution >= 4 is 23.6 Å². The van der Waals surface area contributed by atoms with Gasteiger partial charge in [0.15, 0.2) is 11.3 Å². The van der Waals surface area contributed by atoms with Crippen molar-refractivity contribution in [2.45, 2.75) is 18.4 Å². The first-order chi connectivity index (χ1) is 10.5. The number of fused-ring (bicyclic) bond motifs is 1. The molecule has 1 aliphatic heterocycles. The number of nitrogens with zero attached hydrogens (tertiary/aromatic N) is 1. The molecule has 1 atom stereocenters. The van der Waals surface area contributed by atoms with Crippen molar-refractivity contribution in [2.75, 3.05) is 7.11 Å². The monoisotopic (exact) mass is 299 g/mol. The Kier molecular flexibility index (Phi) is 3.16. The molecule has 1 aliphatic carbocycles. The van der Waals surface area contributed by atoms with Gasteiger partial charge in [0.1, 0.15) is 0 Å². The maximum atomic E-state index is 12.6. The van der Waals surface area contributed by atoms with E-state index < -0.39 is 23.3 Å². The Balaban J connectivity index is 2.14. The van der Waals surface area contributed by atoms with Gasteiger partial charge in [0.05, 0.1) is 18.2 Å². The smallest absolute Gasteiger partial charge is 0.336 e. The van der Waals surface area contributed by atoms with E-state index in [1.807, 2.05) is 0 Å². The zero-order valence-corrected chi connectivity index (χ0v) is 11.9. The molecule has 0 saturated carbocycles. The number of amides is 2. The van der Waals surface area contributed by atoms with Crippen LogP contribution >= 0.6 is 0 Å². The highest BCUT2D eigenvalue weighted by Crippen LogP contribution is 2.36. The van der Waals surface area contributed by atoms with Crippen molar-refractivity contribution < 1.29 is 23.9 Å². The van der Waals surface area contributed by atoms with Gasteiger partial charge in [-0.05, 0) is 30.7 Å². The van der Waals surface area contributed by atoms with Gasteiger partial charge in [0.2, 0.25) is 0 Å². The van der Waals surface area contributed by atoms with E-state index in [2.05, 4.69) is 0 Å². The highest BCUT2D eigenvalue weighted by atomic mass is 16.5. The Bertz CT molecular complexity index is 701. The first kappa shape index (κ1) is 14.2. The van der Waals surface area contributed by atoms with Gasteiger partial charge in [-0.1, -0.05) is 12.1 Å². The molecule has 0 N–H and O–H groups in total. The second-order valence-electron chi connectivity index (χ2n) is 5.21. The van der Waals surface area contributed by atoms with Crippen LogP contribution in [0.5, 0.6) is 0 Å². The average molecular weight is 299 g/mol. The molecule has 6 heteroatoms. The van der Waals surface area contributed by atoms with Crippen LogP contribution in [0.3, 0.4) is 0 Å². The molecule has 3 rings (SSSR count). The summed E-state index contributed by atoms with van der Waals surface area (Å²) in [7, 11) is 1.19. The molecule has 1 heterocycles. The molecular formula is C16H13NO5. The Hall–Kier alpha value is -2.76. The predicted molar refractivity (Wildman–Crippen MR) is 75.1 cm³/mol. The lowest BCUT2D eigenvalue weighted by molar-refractivity contribution is -0.150. The summed E-state index contributed by atoms with van der Waals surface area (Å²) >= 11 is 0. The van der Waals surface area contributed by atoms with E-state index >= 15 is 0 Å². The summed E-state index contributed by atoms with van der Waals surface area (Å²) in [6.45, 7) is 0. The minimum atomic E-state index is -1.56. The van der Waals surface area contributed by atoms with Crippen LogP contribution in [0.25, 0.3) is 0 Å². The molecule has 112 valence electrons. The molecule has 1 aromatic rings. The minimum Gasteiger partial charge on any atom is -0.467 e. The number of methoxy groups -OCH3 is 1. The van der Waals surface area contributed by atoms with E-state index in [1.54, 1.807) is 12.1 Å². The number of ether oxygens (including phenoxy) is 1. The van der Waals surface area contributed by atoms with Crippen LogP contribution in [-0.2, 0) is 14.3 Å². The fraction of sp³-hybridized carbons (Fsp3) is 0.250. The number of rotatable bonds is 2. The van der Waals surface area contributed by atoms with Crippen LogP contribution in [0, 0.1) is 0 Å². The van der Waals surface area contributed by atoms with Gasteiger partial charge < -0.3 is 4.74 Å². The maximum absolute atomic E-state index is 12.6. The third-order valence-corrected chi connectivity index (χ3v) is 4.03. The zero-order valence-electron chi connectivity index (χ0n) is 11.9. The minimum absolute atomic E-state index is 0.0282. The molecule has 2 aliphatic rings. The van der Waals surface area contributed by atoms with Gasteiger partial charge in [-0.3, -0.25) is 19.3 Å². The lowest BCUT2D eigenvalue weighted by Crippen LogP contribution is -2.57. The van der Waals surface area contributed by atoms with Gasteiger partial charge in [-0.25, -0.2) is 4.79 Å². The molecule has 0 bridgehead atoms. The van der Waals surface area contributed by atoms with Crippen LogP contribution in [-0.4, -0.2) is 41.1 Å². The van der Waals surface area contributed by atoms with Crippen LogP contribution in [0.1, 0.15) is 33.6 Å². The highest BCUT2D eigenvalue weighted by molar-refractivity contribution is 6.23. The molecule has 6 nitrogen and oxygen atoms in total. The largest absolute Gasteiger partial charge is 0.467 e. The number of carbonyl (C=O) groups excluding carboxylic acids is 4. The quantitative estimate of drug-likeness (QED) is 0.603. The molecule has 22 heavy (non-hydrogen) atoms. The van der Waals surface area contributed by atoms with Crippen LogP contribution < -0.4 is 0 Å². The summed E-state index contributed by atoms with van der Waals surface area (Å²) < 4.78 is 4.79. The van der Waals surface area contributed by atoms with E-state index in [0.29, 0.717) is 0 Å². The van der Waals surface area contributed by atoms with Crippen molar-refractivity contribution in [2.24, 2.45) is 0 Å². The standard InChI is InChI=1S/C16H13NO5/c1-22-15(21)16(8-6-10(18)7-9-16)17-13(19)11-4-2-3-5-12(11)14(17)20/h2-6,8H,7,9H2,1H3. The van der Waals surface area contributed by atoms with Gasteiger partial charge in [-0.15, -0.1) is 0 Å². The Morgan fingerprint density at radius 3 is 2.18 bits per heavy atom. The van der Waals surface area contributed by atoms with E-state index in [-0.39, 0.29) is 29.8 Å². The van der Waals surface area contributed by atoms with Gasteiger partial charge in [0.25, 0.3) is 11.8 Å². The molecule has 0 fully saturated rings. The van der Waals surface area contributed by atoms with Crippen molar-refractivity contribution in [1.82, 2.24) is 4.90 Å². The van der Waals surface area contributed by atoms with Crippen LogP contribution in [0.15, 0.2) is 36.4 Å². The number of hydrogen-bond donors (Lipinski definition) is 0. The number of imide groups is 1. The number of hydrogen-bond acceptors (Lipinski definition) is 5. The second-order valence-corrected chi connectivity index (χ2v) is 5.21. The van der Waals surface area contributed by atoms with Gasteiger partial charge in [-0.2, -0.15) is 0 Å². The summed E-state index contributed by atoms with van der Waals surface area (Å²) in [5, 5.41) is 0. The van der Waals surface area contributed by atoms with E-state index in [1.165, 1.54) is 31.4 Å². The van der Waals surface area contributed by atoms with E-state index in [9.17, 15) is 19.2 Å². The van der Waals surface area contributed by atoms with Crippen molar-refractivity contribution in [3.05, 3.63) is 47.5 Å². The topological polar surface area (TPSA) is 80.8 Å². The van der Waals surface area contributed by atoms with Gasteiger partial charge in [0, 0.05) is 6.42 Å². The van der Waals surface area contributed by atoms with Crippen molar-refractivity contribution in [3.63, 3.8) is 0 Å². The molecule has 0 saturated heterocycles. The number of esters is 1. The molecule has 0 spiro atoms. The summed E-state index contributed by atoms with van der Waals surface area (Å²) in [4.78, 5) is 49.8. The molecule has 1 aromatic carbocycles. The molecular weight excluding hydrogens is 286 g/mol. The SMILES string of the molecule is COC(=O)C1(N2C(=O)c3ccccc3C2=O)C=CC(=O)CC1. The zero-order chi connectivity index (χ0) is 15.9. The number of ketones is 1. The lowest BCUT2D eigenvalue weighted by atomic mass is 9.85.